The topological polar surface area (TPSA) is 65.4 Å². The molecule has 2 rings (SSSR count). The van der Waals surface area contributed by atoms with Crippen LogP contribution < -0.4 is 5.73 Å². The van der Waals surface area contributed by atoms with E-state index in [0.717, 1.165) is 34.7 Å². The predicted octanol–water partition coefficient (Wildman–Crippen LogP) is 2.89. The number of aliphatic imine (C=N–C) groups is 1. The van der Waals surface area contributed by atoms with E-state index in [0.29, 0.717) is 12.4 Å². The van der Waals surface area contributed by atoms with Gasteiger partial charge in [-0.15, -0.1) is 0 Å². The minimum absolute atomic E-state index is 0.409. The molecule has 5 heteroatoms. The first kappa shape index (κ1) is 16.1. The normalized spacial score (nSPS) is 14.9. The minimum Gasteiger partial charge on any atom is -0.383 e. The molecule has 0 amide bonds. The quantitative estimate of drug-likeness (QED) is 0.393. The lowest BCUT2D eigenvalue weighted by Crippen LogP contribution is -2.20. The molecule has 2 N–H and O–H groups in total. The Balaban J connectivity index is 2.09. The van der Waals surface area contributed by atoms with Crippen LogP contribution in [-0.2, 0) is 6.54 Å². The van der Waals surface area contributed by atoms with Crippen molar-refractivity contribution < 1.29 is 0 Å². The van der Waals surface area contributed by atoms with Gasteiger partial charge in [0.2, 0.25) is 0 Å². The Hall–Kier alpha value is -2.29. The number of amidine groups is 1. The second-order valence-corrected chi connectivity index (χ2v) is 5.62. The molecule has 22 heavy (non-hydrogen) atoms. The number of hydrogen-bond donors (Lipinski definition) is 1. The Labute approximate surface area is 136 Å². The van der Waals surface area contributed by atoms with Gasteiger partial charge >= 0.3 is 0 Å². The molecule has 1 aromatic rings. The Morgan fingerprint density at radius 1 is 1.41 bits per heavy atom. The van der Waals surface area contributed by atoms with Gasteiger partial charge in [0.1, 0.15) is 5.84 Å². The largest absolute Gasteiger partial charge is 0.383 e. The Morgan fingerprint density at radius 3 is 2.77 bits per heavy atom. The fraction of sp³-hybridized carbons (Fsp3) is 0.235. The second kappa shape index (κ2) is 7.64. The Bertz CT molecular complexity index is 678. The molecule has 0 atom stereocenters. The highest BCUT2D eigenvalue weighted by molar-refractivity contribution is 7.81. The summed E-state index contributed by atoms with van der Waals surface area (Å²) in [6, 6.07) is 9.96. The number of rotatable bonds is 5. The number of hydrogen-bond acceptors (Lipinski definition) is 4. The van der Waals surface area contributed by atoms with Crippen molar-refractivity contribution >= 4 is 28.6 Å². The van der Waals surface area contributed by atoms with E-state index in [1.807, 2.05) is 54.4 Å². The van der Waals surface area contributed by atoms with E-state index in [1.54, 1.807) is 0 Å². The number of benzene rings is 1. The molecular formula is C17H18N4S. The Morgan fingerprint density at radius 2 is 2.14 bits per heavy atom. The summed E-state index contributed by atoms with van der Waals surface area (Å²) in [5, 5.41) is 8.66. The first-order chi connectivity index (χ1) is 10.6. The number of nitriles is 1. The zero-order valence-corrected chi connectivity index (χ0v) is 13.3. The van der Waals surface area contributed by atoms with E-state index in [4.69, 9.17) is 23.2 Å². The molecule has 1 aliphatic carbocycles. The second-order valence-electron chi connectivity index (χ2n) is 5.13. The van der Waals surface area contributed by atoms with Crippen LogP contribution in [0.3, 0.4) is 0 Å². The summed E-state index contributed by atoms with van der Waals surface area (Å²) < 4.78 is 0. The van der Waals surface area contributed by atoms with Crippen LogP contribution in [0, 0.1) is 11.3 Å². The molecule has 0 heterocycles. The predicted molar refractivity (Wildman–Crippen MR) is 94.1 cm³/mol. The third kappa shape index (κ3) is 4.35. The summed E-state index contributed by atoms with van der Waals surface area (Å²) in [5.74, 6) is 0.448. The lowest BCUT2D eigenvalue weighted by Gasteiger charge is -2.12. The zero-order chi connectivity index (χ0) is 15.9. The molecular weight excluding hydrogens is 292 g/mol. The van der Waals surface area contributed by atoms with Gasteiger partial charge in [0.15, 0.2) is 0 Å². The van der Waals surface area contributed by atoms with Crippen molar-refractivity contribution in [3.63, 3.8) is 0 Å². The van der Waals surface area contributed by atoms with Crippen molar-refractivity contribution in [3.8, 4) is 6.07 Å². The smallest absolute Gasteiger partial charge is 0.132 e. The summed E-state index contributed by atoms with van der Waals surface area (Å²) in [6.45, 7) is 1.14. The number of nitrogens with two attached hydrogens (primary N) is 1. The lowest BCUT2D eigenvalue weighted by molar-refractivity contribution is 0.367. The number of thiocarbonyl (C=S) groups is 1. The number of allylic oxidation sites excluding steroid dienone is 3. The standard InChI is InChI=1S/C17H18N4S/c1-21(11-10-18)12-13-6-8-14(9-7-13)20-17(19)15-4-2-3-5-16(15)22/h2-4,6-9H,5,11-12H2,1H3,(H2,19,20). The van der Waals surface area contributed by atoms with Crippen molar-refractivity contribution in [2.24, 2.45) is 10.7 Å². The maximum atomic E-state index is 8.66. The summed E-state index contributed by atoms with van der Waals surface area (Å²) in [6.07, 6.45) is 6.59. The van der Waals surface area contributed by atoms with E-state index in [1.165, 1.54) is 0 Å². The van der Waals surface area contributed by atoms with Gasteiger partial charge in [0.05, 0.1) is 18.3 Å². The van der Waals surface area contributed by atoms with E-state index in [2.05, 4.69) is 11.1 Å². The van der Waals surface area contributed by atoms with Gasteiger partial charge < -0.3 is 5.73 Å². The van der Waals surface area contributed by atoms with Crippen LogP contribution in [0.1, 0.15) is 12.0 Å². The van der Waals surface area contributed by atoms with Gasteiger partial charge in [-0.1, -0.05) is 42.6 Å². The lowest BCUT2D eigenvalue weighted by atomic mass is 10.0. The minimum atomic E-state index is 0.409. The summed E-state index contributed by atoms with van der Waals surface area (Å²) in [4.78, 5) is 7.20. The molecule has 0 fully saturated rings. The van der Waals surface area contributed by atoms with Gasteiger partial charge in [-0.3, -0.25) is 4.90 Å². The van der Waals surface area contributed by atoms with E-state index < -0.39 is 0 Å². The fourth-order valence-corrected chi connectivity index (χ4v) is 2.40. The first-order valence-corrected chi connectivity index (χ1v) is 7.40. The fourth-order valence-electron chi connectivity index (χ4n) is 2.13. The highest BCUT2D eigenvalue weighted by atomic mass is 32.1. The van der Waals surface area contributed by atoms with Gasteiger partial charge in [-0.05, 0) is 24.7 Å². The third-order valence-corrected chi connectivity index (χ3v) is 3.64. The molecule has 0 radical (unpaired) electrons. The molecule has 0 bridgehead atoms. The molecule has 0 saturated heterocycles. The maximum Gasteiger partial charge on any atom is 0.132 e. The summed E-state index contributed by atoms with van der Waals surface area (Å²) in [5.41, 5.74) is 8.80. The van der Waals surface area contributed by atoms with E-state index in [-0.39, 0.29) is 0 Å². The van der Waals surface area contributed by atoms with Crippen molar-refractivity contribution in [1.29, 1.82) is 5.26 Å². The molecule has 0 unspecified atom stereocenters. The van der Waals surface area contributed by atoms with E-state index >= 15 is 0 Å². The highest BCUT2D eigenvalue weighted by Gasteiger charge is 2.10. The maximum absolute atomic E-state index is 8.66. The molecule has 4 nitrogen and oxygen atoms in total. The average Bonchev–Trinajstić information content (AvgIpc) is 2.50. The van der Waals surface area contributed by atoms with Gasteiger partial charge in [-0.2, -0.15) is 5.26 Å². The molecule has 1 aromatic carbocycles. The molecule has 1 aliphatic rings. The van der Waals surface area contributed by atoms with Crippen LogP contribution in [0.5, 0.6) is 0 Å². The van der Waals surface area contributed by atoms with Crippen molar-refractivity contribution in [3.05, 3.63) is 53.6 Å². The molecule has 0 aliphatic heterocycles. The van der Waals surface area contributed by atoms with Crippen molar-refractivity contribution in [2.75, 3.05) is 13.6 Å². The van der Waals surface area contributed by atoms with Crippen molar-refractivity contribution in [1.82, 2.24) is 4.90 Å². The Kier molecular flexibility index (Phi) is 5.59. The molecule has 0 spiro atoms. The molecule has 0 saturated carbocycles. The van der Waals surface area contributed by atoms with Crippen molar-refractivity contribution in [2.45, 2.75) is 13.0 Å². The zero-order valence-electron chi connectivity index (χ0n) is 12.5. The average molecular weight is 310 g/mol. The monoisotopic (exact) mass is 310 g/mol. The van der Waals surface area contributed by atoms with Crippen LogP contribution in [0.15, 0.2) is 53.1 Å². The highest BCUT2D eigenvalue weighted by Crippen LogP contribution is 2.17. The van der Waals surface area contributed by atoms with Gasteiger partial charge in [0.25, 0.3) is 0 Å². The summed E-state index contributed by atoms with van der Waals surface area (Å²) >= 11 is 5.30. The molecule has 0 aromatic heterocycles. The van der Waals surface area contributed by atoms with Crippen LogP contribution in [0.25, 0.3) is 0 Å². The first-order valence-electron chi connectivity index (χ1n) is 6.99. The molecule has 112 valence electrons. The van der Waals surface area contributed by atoms with Crippen LogP contribution >= 0.6 is 12.2 Å². The van der Waals surface area contributed by atoms with Crippen LogP contribution in [-0.4, -0.2) is 29.2 Å². The summed E-state index contributed by atoms with van der Waals surface area (Å²) in [7, 11) is 1.91. The van der Waals surface area contributed by atoms with E-state index in [9.17, 15) is 0 Å². The van der Waals surface area contributed by atoms with Crippen LogP contribution in [0.2, 0.25) is 0 Å². The van der Waals surface area contributed by atoms with Gasteiger partial charge in [0, 0.05) is 23.4 Å². The van der Waals surface area contributed by atoms with Crippen LogP contribution in [0.4, 0.5) is 5.69 Å². The van der Waals surface area contributed by atoms with Gasteiger partial charge in [-0.25, -0.2) is 4.99 Å². The SMILES string of the molecule is CN(CC#N)Cc1ccc(N=C(N)C2=CC=CCC2=S)cc1. The number of nitrogens with zero attached hydrogens (tertiary/aromatic N) is 3. The third-order valence-electron chi connectivity index (χ3n) is 3.26.